The Hall–Kier alpha value is -3.46. The van der Waals surface area contributed by atoms with E-state index in [1.165, 1.54) is 18.2 Å². The fourth-order valence-corrected chi connectivity index (χ4v) is 3.43. The van der Waals surface area contributed by atoms with Gasteiger partial charge in [-0.25, -0.2) is 14.0 Å². The molecular weight excluding hydrogens is 419 g/mol. The van der Waals surface area contributed by atoms with Gasteiger partial charge in [0.05, 0.1) is 18.2 Å². The summed E-state index contributed by atoms with van der Waals surface area (Å²) in [6.45, 7) is 3.83. The standard InChI is InChI=1S/C22H23FN4O3S/c1-4-30-20(28)18-13(2)27(3)22(31)26-19(18)14-8-10-16(11-9-14)24-21(29)25-17-7-5-6-15(23)12-17/h5-12,19H,4H2,1-3H3,(H,26,31)(H2,24,25,29). The predicted molar refractivity (Wildman–Crippen MR) is 121 cm³/mol. The smallest absolute Gasteiger partial charge is 0.338 e. The molecule has 1 aliphatic rings. The molecule has 0 spiro atoms. The van der Waals surface area contributed by atoms with E-state index in [0.29, 0.717) is 27.8 Å². The minimum Gasteiger partial charge on any atom is -0.463 e. The molecule has 2 aromatic rings. The molecule has 0 aliphatic carbocycles. The Kier molecular flexibility index (Phi) is 6.86. The number of esters is 1. The second-order valence-corrected chi connectivity index (χ2v) is 7.26. The van der Waals surface area contributed by atoms with E-state index in [2.05, 4.69) is 16.0 Å². The predicted octanol–water partition coefficient (Wildman–Crippen LogP) is 4.17. The third-order valence-electron chi connectivity index (χ3n) is 4.83. The van der Waals surface area contributed by atoms with Crippen molar-refractivity contribution in [3.05, 3.63) is 71.2 Å². The highest BCUT2D eigenvalue weighted by molar-refractivity contribution is 7.80. The summed E-state index contributed by atoms with van der Waals surface area (Å²) in [6, 6.07) is 11.6. The van der Waals surface area contributed by atoms with Crippen LogP contribution in [0.1, 0.15) is 25.5 Å². The van der Waals surface area contributed by atoms with E-state index in [-0.39, 0.29) is 6.61 Å². The Bertz CT molecular complexity index is 1040. The number of halogens is 1. The zero-order valence-electron chi connectivity index (χ0n) is 17.4. The molecule has 1 heterocycles. The number of thiocarbonyl (C=S) groups is 1. The van der Waals surface area contributed by atoms with Gasteiger partial charge in [0.1, 0.15) is 5.82 Å². The van der Waals surface area contributed by atoms with Crippen LogP contribution in [0.2, 0.25) is 0 Å². The molecule has 0 saturated heterocycles. The average molecular weight is 443 g/mol. The minimum atomic E-state index is -0.500. The number of benzene rings is 2. The van der Waals surface area contributed by atoms with Crippen molar-refractivity contribution in [1.29, 1.82) is 0 Å². The van der Waals surface area contributed by atoms with Crippen molar-refractivity contribution in [2.45, 2.75) is 19.9 Å². The first-order chi connectivity index (χ1) is 14.8. The molecule has 1 unspecified atom stereocenters. The van der Waals surface area contributed by atoms with Gasteiger partial charge in [-0.15, -0.1) is 0 Å². The van der Waals surface area contributed by atoms with Gasteiger partial charge < -0.3 is 25.6 Å². The van der Waals surface area contributed by atoms with Crippen molar-refractivity contribution >= 4 is 40.7 Å². The van der Waals surface area contributed by atoms with Crippen LogP contribution in [0, 0.1) is 5.82 Å². The van der Waals surface area contributed by atoms with Crippen LogP contribution in [0.15, 0.2) is 59.8 Å². The van der Waals surface area contributed by atoms with Gasteiger partial charge in [0.15, 0.2) is 5.11 Å². The molecular formula is C22H23FN4O3S. The van der Waals surface area contributed by atoms with E-state index in [9.17, 15) is 14.0 Å². The molecule has 0 saturated carbocycles. The van der Waals surface area contributed by atoms with Crippen molar-refractivity contribution in [2.24, 2.45) is 0 Å². The van der Waals surface area contributed by atoms with Gasteiger partial charge in [0.25, 0.3) is 0 Å². The Morgan fingerprint density at radius 2 is 1.84 bits per heavy atom. The fraction of sp³-hybridized carbons (Fsp3) is 0.227. The SMILES string of the molecule is CCOC(=O)C1=C(C)N(C)C(=S)NC1c1ccc(NC(=O)Nc2cccc(F)c2)cc1. The lowest BCUT2D eigenvalue weighted by Crippen LogP contribution is -2.46. The molecule has 3 N–H and O–H groups in total. The molecule has 1 atom stereocenters. The van der Waals surface area contributed by atoms with Crippen LogP contribution in [0.4, 0.5) is 20.6 Å². The summed E-state index contributed by atoms with van der Waals surface area (Å²) in [4.78, 5) is 26.5. The van der Waals surface area contributed by atoms with Crippen molar-refractivity contribution < 1.29 is 18.7 Å². The first-order valence-electron chi connectivity index (χ1n) is 9.65. The number of rotatable bonds is 5. The third kappa shape index (κ3) is 5.18. The molecule has 0 fully saturated rings. The van der Waals surface area contributed by atoms with Gasteiger partial charge in [-0.3, -0.25) is 0 Å². The van der Waals surface area contributed by atoms with Crippen molar-refractivity contribution in [1.82, 2.24) is 10.2 Å². The number of amides is 2. The number of allylic oxidation sites excluding steroid dienone is 1. The monoisotopic (exact) mass is 442 g/mol. The van der Waals surface area contributed by atoms with E-state index < -0.39 is 23.9 Å². The largest absolute Gasteiger partial charge is 0.463 e. The van der Waals surface area contributed by atoms with Gasteiger partial charge in [-0.1, -0.05) is 18.2 Å². The number of ether oxygens (including phenoxy) is 1. The zero-order chi connectivity index (χ0) is 22.5. The number of hydrogen-bond donors (Lipinski definition) is 3. The Morgan fingerprint density at radius 3 is 2.48 bits per heavy atom. The van der Waals surface area contributed by atoms with E-state index in [1.807, 2.05) is 6.92 Å². The molecule has 0 aromatic heterocycles. The number of nitrogens with zero attached hydrogens (tertiary/aromatic N) is 1. The quantitative estimate of drug-likeness (QED) is 0.476. The lowest BCUT2D eigenvalue weighted by Gasteiger charge is -2.35. The highest BCUT2D eigenvalue weighted by Gasteiger charge is 2.33. The summed E-state index contributed by atoms with van der Waals surface area (Å²) < 4.78 is 18.5. The van der Waals surface area contributed by atoms with Gasteiger partial charge >= 0.3 is 12.0 Å². The maximum Gasteiger partial charge on any atom is 0.338 e. The number of carbonyl (C=O) groups is 2. The molecule has 0 radical (unpaired) electrons. The zero-order valence-corrected chi connectivity index (χ0v) is 18.2. The lowest BCUT2D eigenvalue weighted by atomic mass is 9.95. The second-order valence-electron chi connectivity index (χ2n) is 6.87. The first-order valence-corrected chi connectivity index (χ1v) is 10.1. The number of carbonyl (C=O) groups excluding carboxylic acids is 2. The second kappa shape index (κ2) is 9.57. The van der Waals surface area contributed by atoms with Crippen LogP contribution in [-0.2, 0) is 9.53 Å². The molecule has 1 aliphatic heterocycles. The number of nitrogens with one attached hydrogen (secondary N) is 3. The van der Waals surface area contributed by atoms with Crippen LogP contribution >= 0.6 is 12.2 Å². The molecule has 0 bridgehead atoms. The van der Waals surface area contributed by atoms with Gasteiger partial charge in [0.2, 0.25) is 0 Å². The summed E-state index contributed by atoms with van der Waals surface area (Å²) in [5.41, 5.74) is 2.85. The van der Waals surface area contributed by atoms with Gasteiger partial charge in [-0.05, 0) is 62.0 Å². The molecule has 7 nitrogen and oxygen atoms in total. The third-order valence-corrected chi connectivity index (χ3v) is 5.23. The molecule has 9 heteroatoms. The van der Waals surface area contributed by atoms with Crippen LogP contribution in [0.5, 0.6) is 0 Å². The van der Waals surface area contributed by atoms with Crippen LogP contribution in [0.3, 0.4) is 0 Å². The molecule has 2 amide bonds. The average Bonchev–Trinajstić information content (AvgIpc) is 2.72. The van der Waals surface area contributed by atoms with E-state index >= 15 is 0 Å². The van der Waals surface area contributed by atoms with Gasteiger partial charge in [0, 0.05) is 24.1 Å². The summed E-state index contributed by atoms with van der Waals surface area (Å²) in [5, 5.41) is 8.91. The summed E-state index contributed by atoms with van der Waals surface area (Å²) in [5.74, 6) is -0.852. The first kappa shape index (κ1) is 22.2. The van der Waals surface area contributed by atoms with E-state index in [4.69, 9.17) is 17.0 Å². The van der Waals surface area contributed by atoms with Crippen LogP contribution in [0.25, 0.3) is 0 Å². The fourth-order valence-electron chi connectivity index (χ4n) is 3.18. The normalized spacial score (nSPS) is 15.9. The lowest BCUT2D eigenvalue weighted by molar-refractivity contribution is -0.139. The number of urea groups is 1. The highest BCUT2D eigenvalue weighted by atomic mass is 32.1. The Morgan fingerprint density at radius 1 is 1.16 bits per heavy atom. The minimum absolute atomic E-state index is 0.264. The number of hydrogen-bond acceptors (Lipinski definition) is 4. The maximum atomic E-state index is 13.3. The van der Waals surface area contributed by atoms with Gasteiger partial charge in [-0.2, -0.15) is 0 Å². The summed E-state index contributed by atoms with van der Waals surface area (Å²) in [7, 11) is 1.78. The van der Waals surface area contributed by atoms with E-state index in [0.717, 1.165) is 5.56 Å². The molecule has 2 aromatic carbocycles. The Balaban J connectivity index is 1.77. The van der Waals surface area contributed by atoms with Crippen molar-refractivity contribution in [3.8, 4) is 0 Å². The molecule has 162 valence electrons. The van der Waals surface area contributed by atoms with Crippen molar-refractivity contribution in [2.75, 3.05) is 24.3 Å². The molecule has 3 rings (SSSR count). The van der Waals surface area contributed by atoms with Crippen LogP contribution in [-0.4, -0.2) is 35.7 Å². The highest BCUT2D eigenvalue weighted by Crippen LogP contribution is 2.31. The van der Waals surface area contributed by atoms with Crippen LogP contribution < -0.4 is 16.0 Å². The summed E-state index contributed by atoms with van der Waals surface area (Å²) in [6.07, 6.45) is 0. The topological polar surface area (TPSA) is 82.7 Å². The number of anilines is 2. The molecule has 31 heavy (non-hydrogen) atoms. The Labute approximate surface area is 185 Å². The van der Waals surface area contributed by atoms with E-state index in [1.54, 1.807) is 49.2 Å². The maximum absolute atomic E-state index is 13.3. The summed E-state index contributed by atoms with van der Waals surface area (Å²) >= 11 is 5.38. The van der Waals surface area contributed by atoms with Crippen molar-refractivity contribution in [3.63, 3.8) is 0 Å².